The van der Waals surface area contributed by atoms with Crippen LogP contribution < -0.4 is 10.3 Å². The van der Waals surface area contributed by atoms with Gasteiger partial charge in [0, 0.05) is 47.9 Å². The lowest BCUT2D eigenvalue weighted by molar-refractivity contribution is 0.0955. The minimum Gasteiger partial charge on any atom is -0.372 e. The molecule has 0 spiro atoms. The summed E-state index contributed by atoms with van der Waals surface area (Å²) in [5, 5.41) is 5.40. The van der Waals surface area contributed by atoms with Gasteiger partial charge < -0.3 is 9.47 Å². The van der Waals surface area contributed by atoms with E-state index in [2.05, 4.69) is 65.2 Å². The summed E-state index contributed by atoms with van der Waals surface area (Å²) in [6, 6.07) is 26.1. The average Bonchev–Trinajstić information content (AvgIpc) is 3.12. The van der Waals surface area contributed by atoms with Crippen LogP contribution in [0.25, 0.3) is 22.2 Å². The summed E-state index contributed by atoms with van der Waals surface area (Å²) in [4.78, 5) is 14.9. The third-order valence-corrected chi connectivity index (χ3v) is 5.81. The Hall–Kier alpha value is -3.86. The van der Waals surface area contributed by atoms with Gasteiger partial charge in [0.25, 0.3) is 5.91 Å². The first-order chi connectivity index (χ1) is 15.6. The second-order valence-corrected chi connectivity index (χ2v) is 7.62. The van der Waals surface area contributed by atoms with Gasteiger partial charge in [-0.3, -0.25) is 4.79 Å². The quantitative estimate of drug-likeness (QED) is 0.317. The Morgan fingerprint density at radius 2 is 1.59 bits per heavy atom. The molecule has 1 amide bonds. The molecule has 32 heavy (non-hydrogen) atoms. The Kier molecular flexibility index (Phi) is 6.36. The molecule has 1 N–H and O–H groups in total. The number of hydrogen-bond donors (Lipinski definition) is 1. The highest BCUT2D eigenvalue weighted by molar-refractivity contribution is 6.07. The molecule has 0 saturated carbocycles. The lowest BCUT2D eigenvalue weighted by Crippen LogP contribution is -2.22. The zero-order valence-corrected chi connectivity index (χ0v) is 18.7. The van der Waals surface area contributed by atoms with Crippen LogP contribution in [0.15, 0.2) is 84.0 Å². The Morgan fingerprint density at radius 3 is 2.28 bits per heavy atom. The predicted octanol–water partition coefficient (Wildman–Crippen LogP) is 5.46. The number of carbonyl (C=O) groups excluding carboxylic acids is 1. The molecule has 0 fully saturated rings. The molecule has 0 aliphatic carbocycles. The van der Waals surface area contributed by atoms with Crippen molar-refractivity contribution in [3.63, 3.8) is 0 Å². The van der Waals surface area contributed by atoms with Gasteiger partial charge in [-0.15, -0.1) is 0 Å². The van der Waals surface area contributed by atoms with E-state index in [-0.39, 0.29) is 5.91 Å². The van der Waals surface area contributed by atoms with Crippen molar-refractivity contribution in [3.05, 3.63) is 90.0 Å². The van der Waals surface area contributed by atoms with Gasteiger partial charge in [0.15, 0.2) is 0 Å². The Balaban J connectivity index is 1.60. The van der Waals surface area contributed by atoms with Crippen LogP contribution >= 0.6 is 0 Å². The number of hydrogen-bond acceptors (Lipinski definition) is 3. The molecule has 162 valence electrons. The second-order valence-electron chi connectivity index (χ2n) is 7.62. The number of anilines is 1. The first-order valence-corrected chi connectivity index (χ1v) is 10.9. The number of hydrazone groups is 1. The van der Waals surface area contributed by atoms with Crippen LogP contribution in [0.2, 0.25) is 0 Å². The highest BCUT2D eigenvalue weighted by atomic mass is 16.2. The highest BCUT2D eigenvalue weighted by Gasteiger charge is 2.15. The number of nitrogens with zero attached hydrogens (tertiary/aromatic N) is 3. The molecule has 0 aliphatic heterocycles. The molecule has 0 atom stereocenters. The van der Waals surface area contributed by atoms with E-state index >= 15 is 0 Å². The number of amides is 1. The smallest absolute Gasteiger partial charge is 0.271 e. The molecule has 0 bridgehead atoms. The number of rotatable bonds is 7. The first kappa shape index (κ1) is 21.4. The van der Waals surface area contributed by atoms with Crippen molar-refractivity contribution in [1.82, 2.24) is 9.99 Å². The summed E-state index contributed by atoms with van der Waals surface area (Å²) < 4.78 is 2.17. The summed E-state index contributed by atoms with van der Waals surface area (Å²) in [5.41, 5.74) is 8.64. The fraction of sp³-hybridized carbons (Fsp3) is 0.185. The van der Waals surface area contributed by atoms with E-state index in [4.69, 9.17) is 0 Å². The number of nitrogens with one attached hydrogen (secondary N) is 1. The lowest BCUT2D eigenvalue weighted by atomic mass is 10.1. The summed E-state index contributed by atoms with van der Waals surface area (Å²) in [6.07, 6.45) is 1.74. The van der Waals surface area contributed by atoms with Crippen molar-refractivity contribution in [1.29, 1.82) is 0 Å². The van der Waals surface area contributed by atoms with Gasteiger partial charge in [-0.05, 0) is 49.7 Å². The first-order valence-electron chi connectivity index (χ1n) is 10.9. The van der Waals surface area contributed by atoms with Gasteiger partial charge in [-0.25, -0.2) is 5.43 Å². The maximum absolute atomic E-state index is 12.6. The monoisotopic (exact) mass is 424 g/mol. The highest BCUT2D eigenvalue weighted by Crippen LogP contribution is 2.31. The lowest BCUT2D eigenvalue weighted by Gasteiger charge is -2.20. The van der Waals surface area contributed by atoms with E-state index in [1.165, 1.54) is 0 Å². The minimum absolute atomic E-state index is 0.228. The van der Waals surface area contributed by atoms with Crippen molar-refractivity contribution < 1.29 is 4.79 Å². The Morgan fingerprint density at radius 1 is 0.938 bits per heavy atom. The van der Waals surface area contributed by atoms with Crippen molar-refractivity contribution >= 4 is 28.7 Å². The predicted molar refractivity (Wildman–Crippen MR) is 133 cm³/mol. The molecular weight excluding hydrogens is 396 g/mol. The maximum Gasteiger partial charge on any atom is 0.271 e. The fourth-order valence-corrected chi connectivity index (χ4v) is 4.13. The number of fused-ring (bicyclic) bond motifs is 1. The molecule has 0 unspecified atom stereocenters. The van der Waals surface area contributed by atoms with Gasteiger partial charge in [-0.1, -0.05) is 48.5 Å². The van der Waals surface area contributed by atoms with Gasteiger partial charge in [-0.2, -0.15) is 5.10 Å². The van der Waals surface area contributed by atoms with Crippen molar-refractivity contribution in [2.75, 3.05) is 18.0 Å². The molecule has 0 saturated heterocycles. The topological polar surface area (TPSA) is 49.6 Å². The molecule has 0 radical (unpaired) electrons. The van der Waals surface area contributed by atoms with Crippen LogP contribution in [0.5, 0.6) is 0 Å². The van der Waals surface area contributed by atoms with Crippen molar-refractivity contribution in [2.24, 2.45) is 12.1 Å². The molecular formula is C27H28N4O. The van der Waals surface area contributed by atoms with E-state index in [1.807, 2.05) is 54.6 Å². The molecule has 4 aromatic rings. The van der Waals surface area contributed by atoms with Crippen LogP contribution in [-0.2, 0) is 7.05 Å². The standard InChI is InChI=1S/C27H28N4O/c1-4-31(5-2)22-17-15-21(16-18-22)27(32)29-28-19-24-23-13-9-10-14-25(23)30(3)26(24)20-11-7-6-8-12-20/h6-19H,4-5H2,1-3H3,(H,29,32). The molecule has 3 aromatic carbocycles. The van der Waals surface area contributed by atoms with Crippen LogP contribution in [0.1, 0.15) is 29.8 Å². The van der Waals surface area contributed by atoms with Crippen LogP contribution in [-0.4, -0.2) is 29.8 Å². The maximum atomic E-state index is 12.6. The third kappa shape index (κ3) is 4.14. The molecule has 5 nitrogen and oxygen atoms in total. The van der Waals surface area contributed by atoms with E-state index in [0.717, 1.165) is 46.5 Å². The zero-order valence-electron chi connectivity index (χ0n) is 18.7. The van der Waals surface area contributed by atoms with E-state index < -0.39 is 0 Å². The molecule has 0 aliphatic rings. The zero-order chi connectivity index (χ0) is 22.5. The number of aromatic nitrogens is 1. The number of carbonyl (C=O) groups is 1. The van der Waals surface area contributed by atoms with Gasteiger partial charge >= 0.3 is 0 Å². The van der Waals surface area contributed by atoms with Gasteiger partial charge in [0.1, 0.15) is 0 Å². The third-order valence-electron chi connectivity index (χ3n) is 5.81. The van der Waals surface area contributed by atoms with Crippen LogP contribution in [0.4, 0.5) is 5.69 Å². The second kappa shape index (κ2) is 9.52. The summed E-state index contributed by atoms with van der Waals surface area (Å²) in [5.74, 6) is -0.228. The summed E-state index contributed by atoms with van der Waals surface area (Å²) >= 11 is 0. The molecule has 5 heteroatoms. The summed E-state index contributed by atoms with van der Waals surface area (Å²) in [6.45, 7) is 6.11. The van der Waals surface area contributed by atoms with Crippen molar-refractivity contribution in [2.45, 2.75) is 13.8 Å². The van der Waals surface area contributed by atoms with E-state index in [0.29, 0.717) is 5.56 Å². The Labute approximate surface area is 189 Å². The number of para-hydroxylation sites is 1. The SMILES string of the molecule is CCN(CC)c1ccc(C(=O)NN=Cc2c(-c3ccccc3)n(C)c3ccccc23)cc1. The van der Waals surface area contributed by atoms with Gasteiger partial charge in [0.2, 0.25) is 0 Å². The average molecular weight is 425 g/mol. The van der Waals surface area contributed by atoms with Crippen LogP contribution in [0, 0.1) is 0 Å². The van der Waals surface area contributed by atoms with Crippen LogP contribution in [0.3, 0.4) is 0 Å². The number of aryl methyl sites for hydroxylation is 1. The van der Waals surface area contributed by atoms with E-state index in [9.17, 15) is 4.79 Å². The minimum atomic E-state index is -0.228. The molecule has 1 heterocycles. The summed E-state index contributed by atoms with van der Waals surface area (Å²) in [7, 11) is 2.05. The van der Waals surface area contributed by atoms with Gasteiger partial charge in [0.05, 0.1) is 11.9 Å². The fourth-order valence-electron chi connectivity index (χ4n) is 4.13. The number of benzene rings is 3. The molecule has 4 rings (SSSR count). The van der Waals surface area contributed by atoms with E-state index in [1.54, 1.807) is 6.21 Å². The Bertz CT molecular complexity index is 1240. The molecule has 1 aromatic heterocycles. The normalized spacial score (nSPS) is 11.2. The van der Waals surface area contributed by atoms with Crippen molar-refractivity contribution in [3.8, 4) is 11.3 Å². The largest absolute Gasteiger partial charge is 0.372 e.